The van der Waals surface area contributed by atoms with E-state index in [1.54, 1.807) is 6.07 Å². The largest absolute Gasteiger partial charge is 0.483 e. The topological polar surface area (TPSA) is 31.2 Å². The van der Waals surface area contributed by atoms with E-state index in [-0.39, 0.29) is 5.43 Å². The first kappa shape index (κ1) is 14.4. The molecule has 0 aliphatic carbocycles. The fraction of sp³-hybridized carbons (Fsp3) is 0.353. The number of rotatable bonds is 6. The maximum absolute atomic E-state index is 12.0. The molecule has 0 aliphatic rings. The summed E-state index contributed by atoms with van der Waals surface area (Å²) in [5.74, 6) is 0.493. The van der Waals surface area contributed by atoms with Crippen LogP contribution in [0, 0.1) is 0 Å². The fourth-order valence-corrected chi connectivity index (χ4v) is 2.29. The molecule has 0 unspecified atom stereocenters. The molecule has 1 heterocycles. The molecule has 0 atom stereocenters. The monoisotopic (exact) mass is 271 g/mol. The summed E-state index contributed by atoms with van der Waals surface area (Å²) >= 11 is 0. The van der Waals surface area contributed by atoms with Crippen molar-refractivity contribution in [2.75, 3.05) is 0 Å². The molecule has 0 saturated carbocycles. The van der Waals surface area contributed by atoms with Crippen LogP contribution in [0.4, 0.5) is 0 Å². The number of aromatic nitrogens is 1. The lowest BCUT2D eigenvalue weighted by atomic mass is 10.2. The van der Waals surface area contributed by atoms with Crippen molar-refractivity contribution in [1.82, 2.24) is 4.57 Å². The third kappa shape index (κ3) is 3.29. The molecule has 0 fully saturated rings. The lowest BCUT2D eigenvalue weighted by Gasteiger charge is -2.16. The Morgan fingerprint density at radius 1 is 1.10 bits per heavy atom. The summed E-state index contributed by atoms with van der Waals surface area (Å²) in [5.41, 5.74) is 2.01. The Hall–Kier alpha value is -2.03. The standard InChI is InChI=1S/C17H21NO2/c1-3-11-18-12-10-16(19)17(15(18)4-2)20-13-14-8-6-5-7-9-14/h5-10,12H,3-4,11,13H2,1-2H3. The minimum absolute atomic E-state index is 0.0369. The molecule has 20 heavy (non-hydrogen) atoms. The molecule has 1 aromatic carbocycles. The molecule has 1 aromatic heterocycles. The summed E-state index contributed by atoms with van der Waals surface area (Å²) in [6, 6.07) is 11.5. The lowest BCUT2D eigenvalue weighted by Crippen LogP contribution is -2.16. The molecule has 3 nitrogen and oxygen atoms in total. The summed E-state index contributed by atoms with van der Waals surface area (Å²) in [6.45, 7) is 5.52. The predicted molar refractivity (Wildman–Crippen MR) is 81.1 cm³/mol. The molecule has 0 bridgehead atoms. The normalized spacial score (nSPS) is 10.5. The number of aryl methyl sites for hydroxylation is 1. The van der Waals surface area contributed by atoms with Crippen LogP contribution in [-0.4, -0.2) is 4.57 Å². The zero-order chi connectivity index (χ0) is 14.4. The Balaban J connectivity index is 2.26. The van der Waals surface area contributed by atoms with E-state index in [1.165, 1.54) is 0 Å². The van der Waals surface area contributed by atoms with Gasteiger partial charge in [0.1, 0.15) is 6.61 Å². The third-order valence-electron chi connectivity index (χ3n) is 3.26. The van der Waals surface area contributed by atoms with Gasteiger partial charge in [0.2, 0.25) is 5.43 Å². The number of hydrogen-bond acceptors (Lipinski definition) is 2. The van der Waals surface area contributed by atoms with Gasteiger partial charge >= 0.3 is 0 Å². The Morgan fingerprint density at radius 2 is 1.85 bits per heavy atom. The van der Waals surface area contributed by atoms with Crippen LogP contribution in [0.15, 0.2) is 47.4 Å². The van der Waals surface area contributed by atoms with E-state index in [0.717, 1.165) is 30.6 Å². The Kier molecular flexibility index (Phi) is 4.99. The number of nitrogens with zero attached hydrogens (tertiary/aromatic N) is 1. The molecule has 0 spiro atoms. The van der Waals surface area contributed by atoms with E-state index >= 15 is 0 Å². The molecule has 0 aliphatic heterocycles. The highest BCUT2D eigenvalue weighted by Crippen LogP contribution is 2.16. The molecule has 3 heteroatoms. The van der Waals surface area contributed by atoms with Crippen molar-refractivity contribution in [2.24, 2.45) is 0 Å². The van der Waals surface area contributed by atoms with Gasteiger partial charge in [-0.3, -0.25) is 4.79 Å². The Labute approximate surface area is 119 Å². The van der Waals surface area contributed by atoms with E-state index in [2.05, 4.69) is 18.4 Å². The van der Waals surface area contributed by atoms with Crippen molar-refractivity contribution >= 4 is 0 Å². The highest BCUT2D eigenvalue weighted by molar-refractivity contribution is 5.29. The van der Waals surface area contributed by atoms with Crippen LogP contribution in [0.2, 0.25) is 0 Å². The van der Waals surface area contributed by atoms with Gasteiger partial charge in [-0.25, -0.2) is 0 Å². The van der Waals surface area contributed by atoms with E-state index in [4.69, 9.17) is 4.74 Å². The van der Waals surface area contributed by atoms with Crippen molar-refractivity contribution in [2.45, 2.75) is 39.8 Å². The molecule has 2 aromatic rings. The minimum Gasteiger partial charge on any atom is -0.483 e. The van der Waals surface area contributed by atoms with Crippen LogP contribution in [-0.2, 0) is 19.6 Å². The van der Waals surface area contributed by atoms with E-state index in [9.17, 15) is 4.79 Å². The van der Waals surface area contributed by atoms with Crippen molar-refractivity contribution in [3.05, 3.63) is 64.1 Å². The highest BCUT2D eigenvalue weighted by Gasteiger charge is 2.10. The van der Waals surface area contributed by atoms with Gasteiger partial charge in [0.15, 0.2) is 5.75 Å². The van der Waals surface area contributed by atoms with Crippen LogP contribution in [0.3, 0.4) is 0 Å². The van der Waals surface area contributed by atoms with E-state index in [1.807, 2.05) is 36.5 Å². The molecule has 0 amide bonds. The summed E-state index contributed by atoms with van der Waals surface area (Å²) in [7, 11) is 0. The van der Waals surface area contributed by atoms with Gasteiger partial charge < -0.3 is 9.30 Å². The van der Waals surface area contributed by atoms with Gasteiger partial charge in [-0.15, -0.1) is 0 Å². The van der Waals surface area contributed by atoms with Crippen LogP contribution in [0.5, 0.6) is 5.75 Å². The number of hydrogen-bond donors (Lipinski definition) is 0. The summed E-state index contributed by atoms with van der Waals surface area (Å²) in [5, 5.41) is 0. The molecule has 0 saturated heterocycles. The van der Waals surface area contributed by atoms with Gasteiger partial charge in [0, 0.05) is 18.8 Å². The van der Waals surface area contributed by atoms with Gasteiger partial charge in [0.25, 0.3) is 0 Å². The first-order valence-electron chi connectivity index (χ1n) is 7.15. The van der Waals surface area contributed by atoms with Crippen molar-refractivity contribution in [1.29, 1.82) is 0 Å². The number of ether oxygens (including phenoxy) is 1. The van der Waals surface area contributed by atoms with Crippen LogP contribution in [0.1, 0.15) is 31.5 Å². The quantitative estimate of drug-likeness (QED) is 0.806. The zero-order valence-corrected chi connectivity index (χ0v) is 12.1. The highest BCUT2D eigenvalue weighted by atomic mass is 16.5. The first-order chi connectivity index (χ1) is 9.76. The SMILES string of the molecule is CCCn1ccc(=O)c(OCc2ccccc2)c1CC. The van der Waals surface area contributed by atoms with Gasteiger partial charge in [-0.2, -0.15) is 0 Å². The lowest BCUT2D eigenvalue weighted by molar-refractivity contribution is 0.295. The zero-order valence-electron chi connectivity index (χ0n) is 12.1. The van der Waals surface area contributed by atoms with Crippen LogP contribution < -0.4 is 10.2 Å². The summed E-state index contributed by atoms with van der Waals surface area (Å²) < 4.78 is 7.91. The van der Waals surface area contributed by atoms with E-state index in [0.29, 0.717) is 12.4 Å². The first-order valence-corrected chi connectivity index (χ1v) is 7.15. The number of pyridine rings is 1. The van der Waals surface area contributed by atoms with Gasteiger partial charge in [0.05, 0.1) is 5.69 Å². The average Bonchev–Trinajstić information content (AvgIpc) is 2.48. The van der Waals surface area contributed by atoms with E-state index < -0.39 is 0 Å². The fourth-order valence-electron chi connectivity index (χ4n) is 2.29. The molecular formula is C17H21NO2. The van der Waals surface area contributed by atoms with Crippen molar-refractivity contribution in [3.63, 3.8) is 0 Å². The van der Waals surface area contributed by atoms with Crippen molar-refractivity contribution < 1.29 is 4.74 Å². The summed E-state index contributed by atoms with van der Waals surface area (Å²) in [6.07, 6.45) is 3.69. The maximum atomic E-state index is 12.0. The number of benzene rings is 1. The second-order valence-corrected chi connectivity index (χ2v) is 4.78. The minimum atomic E-state index is -0.0369. The molecule has 0 radical (unpaired) electrons. The predicted octanol–water partition coefficient (Wildman–Crippen LogP) is 3.40. The van der Waals surface area contributed by atoms with Crippen LogP contribution >= 0.6 is 0 Å². The second kappa shape index (κ2) is 6.94. The summed E-state index contributed by atoms with van der Waals surface area (Å²) in [4.78, 5) is 12.0. The van der Waals surface area contributed by atoms with Crippen molar-refractivity contribution in [3.8, 4) is 5.75 Å². The molecule has 106 valence electrons. The Morgan fingerprint density at radius 3 is 2.50 bits per heavy atom. The smallest absolute Gasteiger partial charge is 0.223 e. The average molecular weight is 271 g/mol. The Bertz CT molecular complexity index is 602. The molecular weight excluding hydrogens is 250 g/mol. The maximum Gasteiger partial charge on any atom is 0.223 e. The molecule has 2 rings (SSSR count). The van der Waals surface area contributed by atoms with Gasteiger partial charge in [-0.1, -0.05) is 44.2 Å². The third-order valence-corrected chi connectivity index (χ3v) is 3.26. The molecule has 0 N–H and O–H groups in total. The van der Waals surface area contributed by atoms with Crippen LogP contribution in [0.25, 0.3) is 0 Å². The second-order valence-electron chi connectivity index (χ2n) is 4.78. The van der Waals surface area contributed by atoms with Gasteiger partial charge in [-0.05, 0) is 18.4 Å².